The molecule has 0 unspecified atom stereocenters. The Morgan fingerprint density at radius 1 is 0.800 bits per heavy atom. The van der Waals surface area contributed by atoms with Crippen molar-refractivity contribution in [2.75, 3.05) is 0 Å². The first kappa shape index (κ1) is 14.3. The zero-order valence-corrected chi connectivity index (χ0v) is 12.6. The predicted molar refractivity (Wildman–Crippen MR) is 88.4 cm³/mol. The lowest BCUT2D eigenvalue weighted by Crippen LogP contribution is -2.11. The van der Waals surface area contributed by atoms with E-state index >= 15 is 0 Å². The zero-order chi connectivity index (χ0) is 14.6. The predicted octanol–water partition coefficient (Wildman–Crippen LogP) is 3.77. The average molecular weight is 262 g/mol. The van der Waals surface area contributed by atoms with E-state index in [9.17, 15) is 0 Å². The normalized spacial score (nSPS) is 14.2. The topological polar surface area (TPSA) is 0 Å². The number of benzene rings is 2. The molecule has 102 valence electrons. The Morgan fingerprint density at radius 2 is 1.15 bits per heavy atom. The van der Waals surface area contributed by atoms with Crippen molar-refractivity contribution < 1.29 is 0 Å². The SMILES string of the molecule is C=CC.CC1(C)C=c2ccccc2=c2ccccc2=C1. The van der Waals surface area contributed by atoms with Gasteiger partial charge in [-0.3, -0.25) is 0 Å². The van der Waals surface area contributed by atoms with Crippen molar-refractivity contribution in [1.82, 2.24) is 0 Å². The van der Waals surface area contributed by atoms with Gasteiger partial charge in [0, 0.05) is 5.41 Å². The highest BCUT2D eigenvalue weighted by Gasteiger charge is 2.11. The van der Waals surface area contributed by atoms with E-state index in [2.05, 4.69) is 81.1 Å². The molecule has 0 N–H and O–H groups in total. The standard InChI is InChI=1S/C17H16.C3H6/c1-17(2)11-13-7-3-5-9-15(13)16-10-6-4-8-14(16)12-17;1-3-2/h3-12H,1-2H3;3H,1H2,2H3. The average Bonchev–Trinajstić information content (AvgIpc) is 2.51. The fraction of sp³-hybridized carbons (Fsp3) is 0.200. The summed E-state index contributed by atoms with van der Waals surface area (Å²) >= 11 is 0. The maximum absolute atomic E-state index is 3.36. The van der Waals surface area contributed by atoms with E-state index in [1.54, 1.807) is 6.08 Å². The molecule has 0 atom stereocenters. The summed E-state index contributed by atoms with van der Waals surface area (Å²) in [4.78, 5) is 0. The summed E-state index contributed by atoms with van der Waals surface area (Å²) in [5, 5.41) is 5.34. The van der Waals surface area contributed by atoms with Crippen LogP contribution in [0.25, 0.3) is 12.2 Å². The van der Waals surface area contributed by atoms with Crippen LogP contribution in [0.5, 0.6) is 0 Å². The summed E-state index contributed by atoms with van der Waals surface area (Å²) in [6, 6.07) is 17.3. The minimum Gasteiger partial charge on any atom is -0.103 e. The second kappa shape index (κ2) is 5.92. The van der Waals surface area contributed by atoms with E-state index in [0.717, 1.165) is 0 Å². The van der Waals surface area contributed by atoms with E-state index in [0.29, 0.717) is 0 Å². The van der Waals surface area contributed by atoms with Gasteiger partial charge in [0.25, 0.3) is 0 Å². The Balaban J connectivity index is 0.000000452. The van der Waals surface area contributed by atoms with Gasteiger partial charge in [-0.1, -0.05) is 80.6 Å². The highest BCUT2D eigenvalue weighted by molar-refractivity contribution is 5.51. The van der Waals surface area contributed by atoms with E-state index < -0.39 is 0 Å². The number of hydrogen-bond acceptors (Lipinski definition) is 0. The number of rotatable bonds is 0. The quantitative estimate of drug-likeness (QED) is 0.634. The largest absolute Gasteiger partial charge is 0.103 e. The lowest BCUT2D eigenvalue weighted by atomic mass is 9.91. The molecular formula is C20H22. The molecule has 2 aromatic carbocycles. The van der Waals surface area contributed by atoms with Crippen molar-refractivity contribution in [2.24, 2.45) is 5.41 Å². The highest BCUT2D eigenvalue weighted by atomic mass is 14.2. The summed E-state index contributed by atoms with van der Waals surface area (Å²) < 4.78 is 0. The summed E-state index contributed by atoms with van der Waals surface area (Å²) in [7, 11) is 0. The van der Waals surface area contributed by atoms with Gasteiger partial charge in [-0.05, 0) is 27.8 Å². The zero-order valence-electron chi connectivity index (χ0n) is 12.6. The van der Waals surface area contributed by atoms with Gasteiger partial charge in [0.15, 0.2) is 0 Å². The summed E-state index contributed by atoms with van der Waals surface area (Å²) in [6.45, 7) is 9.76. The summed E-state index contributed by atoms with van der Waals surface area (Å²) in [5.74, 6) is 0. The molecular weight excluding hydrogens is 240 g/mol. The fourth-order valence-electron chi connectivity index (χ4n) is 2.58. The van der Waals surface area contributed by atoms with Crippen LogP contribution in [0, 0.1) is 15.9 Å². The molecule has 0 aliphatic heterocycles. The van der Waals surface area contributed by atoms with Gasteiger partial charge in [-0.25, -0.2) is 0 Å². The van der Waals surface area contributed by atoms with Crippen LogP contribution in [0.2, 0.25) is 0 Å². The molecule has 3 rings (SSSR count). The first-order chi connectivity index (χ1) is 9.57. The minimum atomic E-state index is 0.0999. The molecule has 0 fully saturated rings. The van der Waals surface area contributed by atoms with Crippen LogP contribution in [-0.4, -0.2) is 0 Å². The molecule has 0 saturated heterocycles. The van der Waals surface area contributed by atoms with Gasteiger partial charge in [-0.15, -0.1) is 6.58 Å². The van der Waals surface area contributed by atoms with Crippen LogP contribution < -0.4 is 10.4 Å². The number of hydrogen-bond donors (Lipinski definition) is 0. The highest BCUT2D eigenvalue weighted by Crippen LogP contribution is 2.19. The van der Waals surface area contributed by atoms with Crippen LogP contribution in [-0.2, 0) is 0 Å². The fourth-order valence-corrected chi connectivity index (χ4v) is 2.58. The third-order valence-electron chi connectivity index (χ3n) is 3.27. The van der Waals surface area contributed by atoms with Gasteiger partial charge in [0.05, 0.1) is 0 Å². The van der Waals surface area contributed by atoms with Gasteiger partial charge in [-0.2, -0.15) is 0 Å². The van der Waals surface area contributed by atoms with Crippen LogP contribution in [0.1, 0.15) is 20.8 Å². The van der Waals surface area contributed by atoms with Crippen molar-refractivity contribution in [3.63, 3.8) is 0 Å². The molecule has 1 aliphatic carbocycles. The molecule has 0 radical (unpaired) electrons. The molecule has 0 aromatic heterocycles. The Morgan fingerprint density at radius 3 is 1.55 bits per heavy atom. The molecule has 20 heavy (non-hydrogen) atoms. The van der Waals surface area contributed by atoms with E-state index in [1.807, 2.05) is 6.92 Å². The van der Waals surface area contributed by atoms with Gasteiger partial charge >= 0.3 is 0 Å². The third-order valence-corrected chi connectivity index (χ3v) is 3.27. The van der Waals surface area contributed by atoms with Gasteiger partial charge < -0.3 is 0 Å². The number of allylic oxidation sites excluding steroid dienone is 1. The first-order valence-corrected chi connectivity index (χ1v) is 7.04. The summed E-state index contributed by atoms with van der Waals surface area (Å²) in [6.07, 6.45) is 6.45. The lowest BCUT2D eigenvalue weighted by Gasteiger charge is -2.13. The van der Waals surface area contributed by atoms with E-state index in [1.165, 1.54) is 20.9 Å². The lowest BCUT2D eigenvalue weighted by molar-refractivity contribution is 0.715. The number of fused-ring (bicyclic) bond motifs is 2. The van der Waals surface area contributed by atoms with Crippen molar-refractivity contribution in [2.45, 2.75) is 20.8 Å². The Kier molecular flexibility index (Phi) is 4.24. The Hall–Kier alpha value is -2.08. The molecule has 0 nitrogen and oxygen atoms in total. The Bertz CT molecular complexity index is 742. The molecule has 0 heterocycles. The van der Waals surface area contributed by atoms with Crippen molar-refractivity contribution in [1.29, 1.82) is 0 Å². The molecule has 1 aliphatic rings. The van der Waals surface area contributed by atoms with Crippen molar-refractivity contribution in [3.05, 3.63) is 82.1 Å². The van der Waals surface area contributed by atoms with Crippen LogP contribution in [0.15, 0.2) is 61.2 Å². The molecule has 0 amide bonds. The minimum absolute atomic E-state index is 0.0999. The van der Waals surface area contributed by atoms with Crippen LogP contribution in [0.4, 0.5) is 0 Å². The van der Waals surface area contributed by atoms with Gasteiger partial charge in [0.2, 0.25) is 0 Å². The van der Waals surface area contributed by atoms with E-state index in [4.69, 9.17) is 0 Å². The third kappa shape index (κ3) is 3.08. The molecule has 0 heteroatoms. The molecule has 0 bridgehead atoms. The monoisotopic (exact) mass is 262 g/mol. The second-order valence-corrected chi connectivity index (χ2v) is 5.69. The summed E-state index contributed by atoms with van der Waals surface area (Å²) in [5.41, 5.74) is 0.0999. The van der Waals surface area contributed by atoms with E-state index in [-0.39, 0.29) is 5.41 Å². The maximum Gasteiger partial charge on any atom is 0.00228 e. The molecule has 2 aromatic rings. The molecule has 0 spiro atoms. The Labute approximate surface area is 121 Å². The van der Waals surface area contributed by atoms with Crippen LogP contribution in [0.3, 0.4) is 0 Å². The maximum atomic E-state index is 3.36. The van der Waals surface area contributed by atoms with Crippen molar-refractivity contribution >= 4 is 12.2 Å². The second-order valence-electron chi connectivity index (χ2n) is 5.69. The smallest absolute Gasteiger partial charge is 0.00228 e. The van der Waals surface area contributed by atoms with Crippen molar-refractivity contribution in [3.8, 4) is 0 Å². The van der Waals surface area contributed by atoms with Crippen LogP contribution >= 0.6 is 0 Å². The first-order valence-electron chi connectivity index (χ1n) is 7.04. The van der Waals surface area contributed by atoms with Gasteiger partial charge in [0.1, 0.15) is 0 Å². The molecule has 0 saturated carbocycles.